The highest BCUT2D eigenvalue weighted by Crippen LogP contribution is 2.34. The molecule has 0 fully saturated rings. The van der Waals surface area contributed by atoms with Gasteiger partial charge in [0.1, 0.15) is 11.6 Å². The third-order valence-electron chi connectivity index (χ3n) is 6.90. The fourth-order valence-electron chi connectivity index (χ4n) is 4.92. The molecule has 0 atom stereocenters. The molecule has 0 unspecified atom stereocenters. The number of carbonyl (C=O) groups is 2. The second-order valence-corrected chi connectivity index (χ2v) is 11.0. The van der Waals surface area contributed by atoms with E-state index in [4.69, 9.17) is 21.1 Å². The van der Waals surface area contributed by atoms with Gasteiger partial charge >= 0.3 is 5.97 Å². The van der Waals surface area contributed by atoms with Crippen LogP contribution in [0, 0.1) is 11.6 Å². The molecule has 10 heteroatoms. The van der Waals surface area contributed by atoms with Crippen LogP contribution in [0.2, 0.25) is 0 Å². The molecular formula is C34H35ClF2N2O5. The molecule has 1 N–H and O–H groups in total. The molecule has 2 heterocycles. The van der Waals surface area contributed by atoms with Gasteiger partial charge in [0.15, 0.2) is 0 Å². The van der Waals surface area contributed by atoms with Gasteiger partial charge in [-0.05, 0) is 104 Å². The third-order valence-corrected chi connectivity index (χ3v) is 7.03. The summed E-state index contributed by atoms with van der Waals surface area (Å²) in [7, 11) is 3.01. The Balaban J connectivity index is 0.000000240. The zero-order chi connectivity index (χ0) is 32.6. The van der Waals surface area contributed by atoms with E-state index in [1.54, 1.807) is 36.7 Å². The number of hydrogen-bond acceptors (Lipinski definition) is 6. The van der Waals surface area contributed by atoms with Crippen LogP contribution in [-0.2, 0) is 22.4 Å². The maximum absolute atomic E-state index is 14.0. The van der Waals surface area contributed by atoms with Crippen LogP contribution in [0.1, 0.15) is 61.8 Å². The molecular weight excluding hydrogens is 590 g/mol. The predicted octanol–water partition coefficient (Wildman–Crippen LogP) is 7.97. The normalized spacial score (nSPS) is 10.8. The molecule has 232 valence electrons. The SMILES string of the molecule is COc1cc(-c2cc(F)cc(C(C)C)c2CC(=O)Cl)ccn1.COc1cc(-c2cc(F)cc(C(C)C)c2CC(=O)O)ccn1. The van der Waals surface area contributed by atoms with Gasteiger partial charge in [0, 0.05) is 30.9 Å². The Hall–Kier alpha value is -4.37. The maximum Gasteiger partial charge on any atom is 0.307 e. The van der Waals surface area contributed by atoms with Crippen LogP contribution < -0.4 is 9.47 Å². The van der Waals surface area contributed by atoms with E-state index >= 15 is 0 Å². The van der Waals surface area contributed by atoms with E-state index in [9.17, 15) is 23.5 Å². The van der Waals surface area contributed by atoms with E-state index in [1.807, 2.05) is 27.7 Å². The third kappa shape index (κ3) is 8.83. The lowest BCUT2D eigenvalue weighted by molar-refractivity contribution is -0.136. The van der Waals surface area contributed by atoms with E-state index in [2.05, 4.69) is 9.97 Å². The van der Waals surface area contributed by atoms with Gasteiger partial charge in [-0.2, -0.15) is 0 Å². The van der Waals surface area contributed by atoms with Gasteiger partial charge in [-0.1, -0.05) is 27.7 Å². The number of benzene rings is 2. The van der Waals surface area contributed by atoms with Gasteiger partial charge in [0.25, 0.3) is 0 Å². The molecule has 44 heavy (non-hydrogen) atoms. The lowest BCUT2D eigenvalue weighted by Crippen LogP contribution is -2.08. The number of methoxy groups -OCH3 is 2. The number of hydrogen-bond donors (Lipinski definition) is 1. The number of aliphatic carboxylic acids is 1. The number of aromatic nitrogens is 2. The molecule has 0 spiro atoms. The Bertz CT molecular complexity index is 1520. The van der Waals surface area contributed by atoms with Crippen molar-refractivity contribution in [2.45, 2.75) is 52.4 Å². The Labute approximate surface area is 260 Å². The summed E-state index contributed by atoms with van der Waals surface area (Å²) in [6.07, 6.45) is 3.03. The number of pyridine rings is 2. The molecule has 4 aromatic rings. The number of rotatable bonds is 10. The van der Waals surface area contributed by atoms with Crippen molar-refractivity contribution in [2.75, 3.05) is 14.2 Å². The zero-order valence-corrected chi connectivity index (χ0v) is 26.2. The van der Waals surface area contributed by atoms with Gasteiger partial charge < -0.3 is 14.6 Å². The van der Waals surface area contributed by atoms with Gasteiger partial charge in [0.2, 0.25) is 17.0 Å². The first kappa shape index (κ1) is 34.1. The van der Waals surface area contributed by atoms with Gasteiger partial charge in [-0.15, -0.1) is 0 Å². The Morgan fingerprint density at radius 1 is 0.750 bits per heavy atom. The van der Waals surface area contributed by atoms with E-state index in [-0.39, 0.29) is 36.3 Å². The lowest BCUT2D eigenvalue weighted by atomic mass is 9.88. The minimum atomic E-state index is -0.948. The van der Waals surface area contributed by atoms with Crippen LogP contribution in [0.4, 0.5) is 8.78 Å². The number of carbonyl (C=O) groups excluding carboxylic acids is 1. The quantitative estimate of drug-likeness (QED) is 0.179. The minimum Gasteiger partial charge on any atom is -0.481 e. The van der Waals surface area contributed by atoms with Crippen LogP contribution in [0.5, 0.6) is 11.8 Å². The number of nitrogens with zero attached hydrogens (tertiary/aromatic N) is 2. The molecule has 0 aliphatic rings. The summed E-state index contributed by atoms with van der Waals surface area (Å²) in [6, 6.07) is 12.5. The molecule has 0 aliphatic carbocycles. The largest absolute Gasteiger partial charge is 0.481 e. The second-order valence-electron chi connectivity index (χ2n) is 10.6. The smallest absolute Gasteiger partial charge is 0.307 e. The van der Waals surface area contributed by atoms with Gasteiger partial charge in [-0.25, -0.2) is 18.7 Å². The molecule has 0 radical (unpaired) electrons. The average molecular weight is 625 g/mol. The Kier molecular flexibility index (Phi) is 11.9. The first-order chi connectivity index (χ1) is 20.8. The van der Waals surface area contributed by atoms with Crippen molar-refractivity contribution >= 4 is 22.8 Å². The standard InChI is InChI=1S/C17H17ClFNO2.C17H18FNO3/c1-10(2)13-7-12(19)8-14(15(13)9-16(18)21)11-4-5-20-17(6-11)22-3;1-10(2)13-7-12(18)8-14(15(13)9-17(20)21)11-4-5-19-16(6-11)22-3/h4-8,10H,9H2,1-3H3;4-8,10H,9H2,1-3H3,(H,20,21). The molecule has 4 rings (SSSR count). The van der Waals surface area contributed by atoms with Gasteiger partial charge in [0.05, 0.1) is 20.6 Å². The summed E-state index contributed by atoms with van der Waals surface area (Å²) in [5.74, 6) is -0.762. The number of halogens is 3. The Morgan fingerprint density at radius 2 is 1.16 bits per heavy atom. The van der Waals surface area contributed by atoms with E-state index in [0.717, 1.165) is 16.7 Å². The van der Waals surface area contributed by atoms with E-state index in [0.29, 0.717) is 39.6 Å². The first-order valence-electron chi connectivity index (χ1n) is 13.9. The van der Waals surface area contributed by atoms with Crippen LogP contribution in [0.3, 0.4) is 0 Å². The summed E-state index contributed by atoms with van der Waals surface area (Å²) >= 11 is 5.58. The van der Waals surface area contributed by atoms with E-state index in [1.165, 1.54) is 38.5 Å². The summed E-state index contributed by atoms with van der Waals surface area (Å²) in [4.78, 5) is 30.7. The number of carboxylic acids is 1. The van der Waals surface area contributed by atoms with Gasteiger partial charge in [-0.3, -0.25) is 9.59 Å². The molecule has 2 aromatic heterocycles. The van der Waals surface area contributed by atoms with Crippen LogP contribution >= 0.6 is 11.6 Å². The van der Waals surface area contributed by atoms with Crippen molar-refractivity contribution < 1.29 is 33.0 Å². The molecule has 7 nitrogen and oxygen atoms in total. The van der Waals surface area contributed by atoms with Crippen LogP contribution in [0.25, 0.3) is 22.3 Å². The summed E-state index contributed by atoms with van der Waals surface area (Å²) < 4.78 is 38.2. The number of carboxylic acid groups (broad SMARTS) is 1. The topological polar surface area (TPSA) is 98.6 Å². The molecule has 0 amide bonds. The van der Waals surface area contributed by atoms with Crippen molar-refractivity contribution in [3.63, 3.8) is 0 Å². The van der Waals surface area contributed by atoms with Crippen molar-refractivity contribution in [3.05, 3.63) is 94.8 Å². The highest BCUT2D eigenvalue weighted by atomic mass is 35.5. The fraction of sp³-hybridized carbons (Fsp3) is 0.294. The van der Waals surface area contributed by atoms with Crippen molar-refractivity contribution in [2.24, 2.45) is 0 Å². The highest BCUT2D eigenvalue weighted by Gasteiger charge is 2.19. The minimum absolute atomic E-state index is 0.0209. The second kappa shape index (κ2) is 15.4. The Morgan fingerprint density at radius 3 is 1.50 bits per heavy atom. The summed E-state index contributed by atoms with van der Waals surface area (Å²) in [5.41, 5.74) is 5.46. The molecule has 0 saturated carbocycles. The van der Waals surface area contributed by atoms with Crippen molar-refractivity contribution in [1.29, 1.82) is 0 Å². The van der Waals surface area contributed by atoms with Crippen LogP contribution in [0.15, 0.2) is 60.9 Å². The lowest BCUT2D eigenvalue weighted by Gasteiger charge is -2.17. The molecule has 0 aliphatic heterocycles. The first-order valence-corrected chi connectivity index (χ1v) is 14.3. The maximum atomic E-state index is 14.0. The zero-order valence-electron chi connectivity index (χ0n) is 25.5. The summed E-state index contributed by atoms with van der Waals surface area (Å²) in [6.45, 7) is 7.73. The average Bonchev–Trinajstić information content (AvgIpc) is 2.98. The number of ether oxygens (including phenoxy) is 2. The molecule has 0 saturated heterocycles. The van der Waals surface area contributed by atoms with Crippen molar-refractivity contribution in [3.8, 4) is 34.0 Å². The fourth-order valence-corrected chi connectivity index (χ4v) is 5.06. The highest BCUT2D eigenvalue weighted by molar-refractivity contribution is 6.63. The summed E-state index contributed by atoms with van der Waals surface area (Å²) in [5, 5.41) is 8.71. The van der Waals surface area contributed by atoms with E-state index < -0.39 is 11.2 Å². The van der Waals surface area contributed by atoms with Crippen LogP contribution in [-0.4, -0.2) is 40.5 Å². The monoisotopic (exact) mass is 624 g/mol. The molecule has 0 bridgehead atoms. The van der Waals surface area contributed by atoms with Crippen molar-refractivity contribution in [1.82, 2.24) is 9.97 Å². The predicted molar refractivity (Wildman–Crippen MR) is 166 cm³/mol. The molecule has 2 aromatic carbocycles.